The average Bonchev–Trinajstić information content (AvgIpc) is 1.98. The van der Waals surface area contributed by atoms with E-state index in [-0.39, 0.29) is 6.45 Å². The molecule has 16 heavy (non-hydrogen) atoms. The van der Waals surface area contributed by atoms with Gasteiger partial charge in [0.1, 0.15) is 6.45 Å². The summed E-state index contributed by atoms with van der Waals surface area (Å²) in [6.07, 6.45) is 0. The lowest BCUT2D eigenvalue weighted by Crippen LogP contribution is -2.65. The van der Waals surface area contributed by atoms with Crippen molar-refractivity contribution in [2.24, 2.45) is 0 Å². The summed E-state index contributed by atoms with van der Waals surface area (Å²) in [5, 5.41) is 1.03. The van der Waals surface area contributed by atoms with Crippen LogP contribution in [0.2, 0.25) is 36.3 Å². The lowest BCUT2D eigenvalue weighted by molar-refractivity contribution is 0.728. The first-order valence-electron chi connectivity index (χ1n) is 6.19. The molecule has 0 aromatic carbocycles. The number of halogens is 1. The van der Waals surface area contributed by atoms with Crippen LogP contribution in [0.25, 0.3) is 0 Å². The van der Waals surface area contributed by atoms with E-state index in [1.807, 2.05) is 0 Å². The van der Waals surface area contributed by atoms with Gasteiger partial charge in [0.15, 0.2) is 0 Å². The molecule has 0 bridgehead atoms. The van der Waals surface area contributed by atoms with E-state index in [4.69, 9.17) is 0 Å². The van der Waals surface area contributed by atoms with Gasteiger partial charge < -0.3 is 0 Å². The summed E-state index contributed by atoms with van der Waals surface area (Å²) in [5.41, 5.74) is 0. The van der Waals surface area contributed by atoms with E-state index in [0.29, 0.717) is 10.1 Å². The summed E-state index contributed by atoms with van der Waals surface area (Å²) < 4.78 is 0. The van der Waals surface area contributed by atoms with E-state index < -0.39 is 15.2 Å². The smallest absolute Gasteiger partial charge is 0.117 e. The Morgan fingerprint density at radius 1 is 0.688 bits per heavy atom. The lowest BCUT2D eigenvalue weighted by atomic mass is 10.2. The van der Waals surface area contributed by atoms with Gasteiger partial charge in [-0.1, -0.05) is 67.7 Å². The monoisotopic (exact) mass is 337 g/mol. The van der Waals surface area contributed by atoms with E-state index >= 15 is 0 Å². The zero-order valence-corrected chi connectivity index (χ0v) is 17.5. The van der Waals surface area contributed by atoms with Crippen molar-refractivity contribution < 1.29 is 0 Å². The minimum Gasteiger partial charge on any atom is -0.136 e. The molecule has 0 amide bonds. The van der Waals surface area contributed by atoms with Gasteiger partial charge in [-0.25, -0.2) is 0 Å². The normalized spacial score (nSPS) is 15.8. The Labute approximate surface area is 114 Å². The predicted octanol–water partition coefficient (Wildman–Crippen LogP) is 5.55. The van der Waals surface area contributed by atoms with Gasteiger partial charge in [0.2, 0.25) is 0 Å². The molecule has 0 heterocycles. The highest BCUT2D eigenvalue weighted by molar-refractivity contribution is 9.28. The fraction of sp³-hybridized carbons (Fsp3) is 1.00. The molecule has 0 rings (SSSR count). The molecular weight excluding hydrogens is 308 g/mol. The first-order valence-corrected chi connectivity index (χ1v) is 17.9. The summed E-state index contributed by atoms with van der Waals surface area (Å²) in [6, 6.07) is 0. The standard InChI is InChI=1S/C12H30BrSi3/c1-11(2,3)15(7,8)14(13)16(9,10)12(4,5)6/h1-10H3. The Morgan fingerprint density at radius 3 is 1.00 bits per heavy atom. The molecule has 0 aliphatic heterocycles. The van der Waals surface area contributed by atoms with E-state index in [1.54, 1.807) is 0 Å². The summed E-state index contributed by atoms with van der Waals surface area (Å²) in [6.45, 7) is 24.7. The van der Waals surface area contributed by atoms with Gasteiger partial charge in [-0.3, -0.25) is 0 Å². The van der Waals surface area contributed by atoms with Crippen LogP contribution in [0.3, 0.4) is 0 Å². The maximum Gasteiger partial charge on any atom is 0.117 e. The topological polar surface area (TPSA) is 0 Å². The molecule has 0 N–H and O–H groups in total. The van der Waals surface area contributed by atoms with Gasteiger partial charge in [-0.15, -0.1) is 15.3 Å². The molecule has 0 saturated heterocycles. The van der Waals surface area contributed by atoms with E-state index in [9.17, 15) is 0 Å². The van der Waals surface area contributed by atoms with Crippen LogP contribution in [0.1, 0.15) is 41.5 Å². The van der Waals surface area contributed by atoms with E-state index in [1.165, 1.54) is 0 Å². The van der Waals surface area contributed by atoms with Crippen molar-refractivity contribution in [2.75, 3.05) is 0 Å². The molecule has 1 radical (unpaired) electrons. The van der Waals surface area contributed by atoms with Crippen molar-refractivity contribution in [3.63, 3.8) is 0 Å². The quantitative estimate of drug-likeness (QED) is 0.457. The molecule has 0 unspecified atom stereocenters. The van der Waals surface area contributed by atoms with Crippen LogP contribution in [0, 0.1) is 0 Å². The van der Waals surface area contributed by atoms with E-state index in [2.05, 4.69) is 83.0 Å². The highest BCUT2D eigenvalue weighted by atomic mass is 79.9. The molecule has 0 aliphatic rings. The van der Waals surface area contributed by atoms with Crippen molar-refractivity contribution in [3.8, 4) is 0 Å². The molecule has 0 fully saturated rings. The van der Waals surface area contributed by atoms with Gasteiger partial charge in [-0.2, -0.15) is 0 Å². The second-order valence-electron chi connectivity index (χ2n) is 8.06. The molecule has 97 valence electrons. The highest BCUT2D eigenvalue weighted by Crippen LogP contribution is 2.47. The molecule has 0 nitrogen and oxygen atoms in total. The molecule has 0 saturated carbocycles. The van der Waals surface area contributed by atoms with Crippen molar-refractivity contribution in [2.45, 2.75) is 77.8 Å². The van der Waals surface area contributed by atoms with Crippen LogP contribution in [0.5, 0.6) is 0 Å². The Morgan fingerprint density at radius 2 is 0.875 bits per heavy atom. The van der Waals surface area contributed by atoms with Crippen molar-refractivity contribution in [1.82, 2.24) is 0 Å². The lowest BCUT2D eigenvalue weighted by Gasteiger charge is -2.50. The van der Waals surface area contributed by atoms with Crippen LogP contribution in [-0.2, 0) is 0 Å². The van der Waals surface area contributed by atoms with Crippen molar-refractivity contribution >= 4 is 36.9 Å². The zero-order chi connectivity index (χ0) is 13.6. The van der Waals surface area contributed by atoms with Crippen molar-refractivity contribution in [3.05, 3.63) is 0 Å². The van der Waals surface area contributed by atoms with Crippen LogP contribution in [0.4, 0.5) is 0 Å². The third-order valence-corrected chi connectivity index (χ3v) is 54.7. The van der Waals surface area contributed by atoms with Gasteiger partial charge in [0.05, 0.1) is 15.2 Å². The number of hydrogen-bond acceptors (Lipinski definition) is 0. The van der Waals surface area contributed by atoms with Gasteiger partial charge in [-0.05, 0) is 10.1 Å². The highest BCUT2D eigenvalue weighted by Gasteiger charge is 2.53. The molecule has 0 aliphatic carbocycles. The van der Waals surface area contributed by atoms with Crippen LogP contribution < -0.4 is 0 Å². The first kappa shape index (κ1) is 17.1. The largest absolute Gasteiger partial charge is 0.136 e. The SMILES string of the molecule is CC(C)(C)[Si](C)(C)[Si](Br)[Si](C)(C)C(C)(C)C. The van der Waals surface area contributed by atoms with Gasteiger partial charge >= 0.3 is 0 Å². The maximum absolute atomic E-state index is 4.22. The Hall–Kier alpha value is 1.13. The van der Waals surface area contributed by atoms with Crippen molar-refractivity contribution in [1.29, 1.82) is 0 Å². The van der Waals surface area contributed by atoms with Gasteiger partial charge in [0.25, 0.3) is 0 Å². The minimum absolute atomic E-state index is 0.367. The van der Waals surface area contributed by atoms with Crippen LogP contribution in [-0.4, -0.2) is 21.6 Å². The summed E-state index contributed by atoms with van der Waals surface area (Å²) in [5.74, 6) is 0. The number of rotatable bonds is 2. The van der Waals surface area contributed by atoms with E-state index in [0.717, 1.165) is 0 Å². The summed E-state index contributed by atoms with van der Waals surface area (Å²) >= 11 is 4.22. The third kappa shape index (κ3) is 3.12. The fourth-order valence-electron chi connectivity index (χ4n) is 1.44. The molecule has 0 aromatic rings. The number of hydrogen-bond donors (Lipinski definition) is 0. The second-order valence-corrected chi connectivity index (χ2v) is 37.0. The molecule has 4 heteroatoms. The Balaban J connectivity index is 5.30. The molecule has 0 spiro atoms. The second kappa shape index (κ2) is 4.67. The van der Waals surface area contributed by atoms with Crippen LogP contribution in [0.15, 0.2) is 0 Å². The zero-order valence-electron chi connectivity index (χ0n) is 12.9. The predicted molar refractivity (Wildman–Crippen MR) is 89.1 cm³/mol. The average molecular weight is 339 g/mol. The Bertz CT molecular complexity index is 220. The van der Waals surface area contributed by atoms with Crippen LogP contribution >= 0.6 is 15.3 Å². The summed E-state index contributed by atoms with van der Waals surface area (Å²) in [4.78, 5) is 0. The third-order valence-electron chi connectivity index (χ3n) is 4.85. The first-order chi connectivity index (χ1) is 6.65. The minimum atomic E-state index is -1.17. The summed E-state index contributed by atoms with van der Waals surface area (Å²) in [7, 11) is -2.35. The molecule has 0 aromatic heterocycles. The Kier molecular flexibility index (Phi) is 5.00. The molecule has 0 atom stereocenters. The molecular formula is C12H30BrSi3. The van der Waals surface area contributed by atoms with Gasteiger partial charge in [0, 0.05) is 0 Å². The fourth-order valence-corrected chi connectivity index (χ4v) is 44.5. The maximum atomic E-state index is 4.22.